The van der Waals surface area contributed by atoms with Crippen molar-refractivity contribution >= 4 is 9.03 Å². The summed E-state index contributed by atoms with van der Waals surface area (Å²) in [5.41, 5.74) is 0. The Morgan fingerprint density at radius 3 is 1.93 bits per heavy atom. The molecule has 0 fully saturated rings. The molecule has 0 rings (SSSR count). The maximum Gasteiger partial charge on any atom is 0.155 e. The van der Waals surface area contributed by atoms with Gasteiger partial charge in [-0.15, -0.1) is 0 Å². The lowest BCUT2D eigenvalue weighted by molar-refractivity contribution is 0.258. The van der Waals surface area contributed by atoms with Crippen LogP contribution in [0.1, 0.15) is 58.8 Å². The topological polar surface area (TPSA) is 18.5 Å². The lowest BCUT2D eigenvalue weighted by atomic mass is 10.2. The van der Waals surface area contributed by atoms with E-state index in [9.17, 15) is 0 Å². The zero-order valence-corrected chi connectivity index (χ0v) is 10.7. The SMILES string of the molecule is CCCCCCCOPOCCCC. The maximum absolute atomic E-state index is 5.37. The van der Waals surface area contributed by atoms with Crippen molar-refractivity contribution in [3.05, 3.63) is 0 Å². The summed E-state index contributed by atoms with van der Waals surface area (Å²) in [4.78, 5) is 0. The molecule has 0 aliphatic rings. The van der Waals surface area contributed by atoms with Gasteiger partial charge in [0.15, 0.2) is 9.03 Å². The van der Waals surface area contributed by atoms with E-state index in [-0.39, 0.29) is 9.03 Å². The van der Waals surface area contributed by atoms with Crippen LogP contribution < -0.4 is 0 Å². The van der Waals surface area contributed by atoms with Gasteiger partial charge in [-0.25, -0.2) is 0 Å². The van der Waals surface area contributed by atoms with Crippen LogP contribution in [0.5, 0.6) is 0 Å². The van der Waals surface area contributed by atoms with Crippen LogP contribution in [0.25, 0.3) is 0 Å². The number of unbranched alkanes of at least 4 members (excludes halogenated alkanes) is 5. The van der Waals surface area contributed by atoms with Gasteiger partial charge in [-0.1, -0.05) is 46.0 Å². The highest BCUT2D eigenvalue weighted by Crippen LogP contribution is 2.15. The van der Waals surface area contributed by atoms with Crippen LogP contribution in [0.15, 0.2) is 0 Å². The summed E-state index contributed by atoms with van der Waals surface area (Å²) in [6.07, 6.45) is 8.84. The fourth-order valence-electron chi connectivity index (χ4n) is 1.12. The largest absolute Gasteiger partial charge is 0.336 e. The van der Waals surface area contributed by atoms with E-state index in [2.05, 4.69) is 13.8 Å². The van der Waals surface area contributed by atoms with E-state index in [1.807, 2.05) is 0 Å². The number of hydrogen-bond acceptors (Lipinski definition) is 2. The Morgan fingerprint density at radius 2 is 1.29 bits per heavy atom. The number of rotatable bonds is 11. The molecule has 0 spiro atoms. The van der Waals surface area contributed by atoms with Gasteiger partial charge in [-0.05, 0) is 12.8 Å². The van der Waals surface area contributed by atoms with Crippen molar-refractivity contribution in [3.8, 4) is 0 Å². The quantitative estimate of drug-likeness (QED) is 0.382. The first-order valence-electron chi connectivity index (χ1n) is 5.90. The lowest BCUT2D eigenvalue weighted by Gasteiger charge is -2.03. The lowest BCUT2D eigenvalue weighted by Crippen LogP contribution is -1.89. The highest BCUT2D eigenvalue weighted by Gasteiger charge is 1.91. The van der Waals surface area contributed by atoms with Crippen molar-refractivity contribution in [1.29, 1.82) is 0 Å². The minimum atomic E-state index is 0.254. The van der Waals surface area contributed by atoms with Crippen LogP contribution in [0.4, 0.5) is 0 Å². The minimum Gasteiger partial charge on any atom is -0.336 e. The molecule has 0 bridgehead atoms. The molecular formula is C11H25O2P. The molecule has 0 aliphatic heterocycles. The van der Waals surface area contributed by atoms with Crippen molar-refractivity contribution in [2.45, 2.75) is 58.8 Å². The Bertz CT molecular complexity index is 87.3. The third-order valence-electron chi connectivity index (χ3n) is 2.07. The second-order valence-corrected chi connectivity index (χ2v) is 4.29. The minimum absolute atomic E-state index is 0.254. The summed E-state index contributed by atoms with van der Waals surface area (Å²) in [6.45, 7) is 6.12. The molecule has 0 saturated heterocycles. The predicted octanol–water partition coefficient (Wildman–Crippen LogP) is 4.30. The zero-order chi connectivity index (χ0) is 10.5. The van der Waals surface area contributed by atoms with Gasteiger partial charge in [-0.2, -0.15) is 0 Å². The highest BCUT2D eigenvalue weighted by atomic mass is 31.1. The Hall–Kier alpha value is 0.350. The molecule has 1 atom stereocenters. The van der Waals surface area contributed by atoms with Crippen LogP contribution in [-0.4, -0.2) is 13.2 Å². The molecule has 14 heavy (non-hydrogen) atoms. The molecule has 1 unspecified atom stereocenters. The molecular weight excluding hydrogens is 195 g/mol. The summed E-state index contributed by atoms with van der Waals surface area (Å²) in [5, 5.41) is 0. The van der Waals surface area contributed by atoms with Crippen molar-refractivity contribution in [2.75, 3.05) is 13.2 Å². The molecule has 0 saturated carbocycles. The second-order valence-electron chi connectivity index (χ2n) is 3.55. The first-order valence-corrected chi connectivity index (χ1v) is 6.72. The molecule has 2 nitrogen and oxygen atoms in total. The Labute approximate surface area is 90.7 Å². The van der Waals surface area contributed by atoms with Gasteiger partial charge in [0.1, 0.15) is 0 Å². The maximum atomic E-state index is 5.37. The summed E-state index contributed by atoms with van der Waals surface area (Å²) in [5.74, 6) is 0. The summed E-state index contributed by atoms with van der Waals surface area (Å²) < 4.78 is 10.7. The van der Waals surface area contributed by atoms with E-state index in [1.54, 1.807) is 0 Å². The molecule has 86 valence electrons. The zero-order valence-electron chi connectivity index (χ0n) is 9.68. The van der Waals surface area contributed by atoms with Gasteiger partial charge in [0.05, 0.1) is 13.2 Å². The van der Waals surface area contributed by atoms with Crippen molar-refractivity contribution in [1.82, 2.24) is 0 Å². The summed E-state index contributed by atoms with van der Waals surface area (Å²) in [6, 6.07) is 0. The van der Waals surface area contributed by atoms with Crippen LogP contribution in [0.3, 0.4) is 0 Å². The monoisotopic (exact) mass is 220 g/mol. The predicted molar refractivity (Wildman–Crippen MR) is 63.9 cm³/mol. The highest BCUT2D eigenvalue weighted by molar-refractivity contribution is 7.26. The smallest absolute Gasteiger partial charge is 0.155 e. The van der Waals surface area contributed by atoms with Crippen LogP contribution in [0.2, 0.25) is 0 Å². The average Bonchev–Trinajstić information content (AvgIpc) is 2.21. The third kappa shape index (κ3) is 12.3. The standard InChI is InChI=1S/C11H25O2P/c1-3-5-7-8-9-11-13-14-12-10-6-4-2/h14H,3-11H2,1-2H3. The fraction of sp³-hybridized carbons (Fsp3) is 1.00. The van der Waals surface area contributed by atoms with Gasteiger partial charge >= 0.3 is 0 Å². The van der Waals surface area contributed by atoms with E-state index >= 15 is 0 Å². The second kappa shape index (κ2) is 13.4. The van der Waals surface area contributed by atoms with Gasteiger partial charge < -0.3 is 9.05 Å². The molecule has 0 radical (unpaired) electrons. The number of hydrogen-bond donors (Lipinski definition) is 0. The van der Waals surface area contributed by atoms with Gasteiger partial charge in [-0.3, -0.25) is 0 Å². The Kier molecular flexibility index (Phi) is 13.7. The molecule has 0 aromatic carbocycles. The fourth-order valence-corrected chi connectivity index (χ4v) is 1.66. The molecule has 3 heteroatoms. The average molecular weight is 220 g/mol. The summed E-state index contributed by atoms with van der Waals surface area (Å²) in [7, 11) is 0.254. The summed E-state index contributed by atoms with van der Waals surface area (Å²) >= 11 is 0. The van der Waals surface area contributed by atoms with Gasteiger partial charge in [0.2, 0.25) is 0 Å². The van der Waals surface area contributed by atoms with E-state index in [1.165, 1.54) is 38.5 Å². The van der Waals surface area contributed by atoms with Gasteiger partial charge in [0.25, 0.3) is 0 Å². The van der Waals surface area contributed by atoms with E-state index in [0.29, 0.717) is 0 Å². The van der Waals surface area contributed by atoms with Crippen LogP contribution >= 0.6 is 9.03 Å². The van der Waals surface area contributed by atoms with Crippen molar-refractivity contribution in [3.63, 3.8) is 0 Å². The first-order chi connectivity index (χ1) is 6.91. The van der Waals surface area contributed by atoms with Crippen LogP contribution in [0, 0.1) is 0 Å². The molecule has 0 N–H and O–H groups in total. The van der Waals surface area contributed by atoms with Crippen LogP contribution in [-0.2, 0) is 9.05 Å². The third-order valence-corrected chi connectivity index (χ3v) is 2.71. The molecule has 0 aromatic rings. The molecule has 0 aromatic heterocycles. The van der Waals surface area contributed by atoms with E-state index in [4.69, 9.17) is 9.05 Å². The van der Waals surface area contributed by atoms with Crippen molar-refractivity contribution < 1.29 is 9.05 Å². The normalized spacial score (nSPS) is 11.6. The van der Waals surface area contributed by atoms with E-state index < -0.39 is 0 Å². The Morgan fingerprint density at radius 1 is 0.714 bits per heavy atom. The van der Waals surface area contributed by atoms with Crippen molar-refractivity contribution in [2.24, 2.45) is 0 Å². The molecule has 0 amide bonds. The van der Waals surface area contributed by atoms with E-state index in [0.717, 1.165) is 19.6 Å². The van der Waals surface area contributed by atoms with Gasteiger partial charge in [0, 0.05) is 0 Å². The first kappa shape index (κ1) is 14.3. The molecule has 0 heterocycles. The molecule has 0 aliphatic carbocycles. The Balaban J connectivity index is 2.78.